The highest BCUT2D eigenvalue weighted by Crippen LogP contribution is 2.29. The van der Waals surface area contributed by atoms with Crippen molar-refractivity contribution in [3.05, 3.63) is 36.5 Å². The summed E-state index contributed by atoms with van der Waals surface area (Å²) in [6, 6.07) is 10.3. The van der Waals surface area contributed by atoms with Gasteiger partial charge in [0.2, 0.25) is 5.91 Å². The van der Waals surface area contributed by atoms with Crippen molar-refractivity contribution in [2.45, 2.75) is 50.7 Å². The van der Waals surface area contributed by atoms with Gasteiger partial charge in [0.05, 0.1) is 5.52 Å². The number of hydrogen-bond donors (Lipinski definition) is 1. The first kappa shape index (κ1) is 22.8. The minimum atomic E-state index is -4.43. The molecule has 0 unspecified atom stereocenters. The molecule has 0 spiro atoms. The molecular formula is C24H31F3N4O. The Hall–Kier alpha value is -2.35. The minimum absolute atomic E-state index is 0.111. The zero-order chi connectivity index (χ0) is 22.6. The number of nitrogens with one attached hydrogen (secondary N) is 1. The lowest BCUT2D eigenvalue weighted by atomic mass is 9.84. The van der Waals surface area contributed by atoms with Gasteiger partial charge in [0, 0.05) is 49.5 Å². The number of amides is 1. The monoisotopic (exact) mass is 448 g/mol. The van der Waals surface area contributed by atoms with E-state index in [2.05, 4.69) is 38.3 Å². The van der Waals surface area contributed by atoms with Gasteiger partial charge < -0.3 is 10.2 Å². The summed E-state index contributed by atoms with van der Waals surface area (Å²) >= 11 is 0. The fraction of sp³-hybridized carbons (Fsp3) is 0.583. The second-order valence-corrected chi connectivity index (χ2v) is 9.04. The van der Waals surface area contributed by atoms with Crippen molar-refractivity contribution in [1.29, 1.82) is 0 Å². The lowest BCUT2D eigenvalue weighted by molar-refractivity contribution is -0.154. The number of alkyl halides is 3. The third-order valence-electron chi connectivity index (χ3n) is 6.76. The first-order chi connectivity index (χ1) is 15.4. The number of nitrogens with zero attached hydrogens (tertiary/aromatic N) is 3. The average Bonchev–Trinajstić information content (AvgIpc) is 2.77. The van der Waals surface area contributed by atoms with E-state index in [0.29, 0.717) is 5.92 Å². The van der Waals surface area contributed by atoms with Gasteiger partial charge >= 0.3 is 6.18 Å². The molecule has 5 nitrogen and oxygen atoms in total. The van der Waals surface area contributed by atoms with Gasteiger partial charge in [-0.05, 0) is 68.8 Å². The molecule has 2 heterocycles. The number of anilines is 1. The molecule has 1 N–H and O–H groups in total. The van der Waals surface area contributed by atoms with Crippen molar-refractivity contribution in [1.82, 2.24) is 15.2 Å². The predicted octanol–water partition coefficient (Wildman–Crippen LogP) is 4.37. The number of aromatic nitrogens is 1. The SMILES string of the molecule is O=C(CC(F)(F)F)NC1CCC(CCN2CCN(c3cccc4ncccc34)CC2)CC1. The Kier molecular flexibility index (Phi) is 7.18. The van der Waals surface area contributed by atoms with E-state index >= 15 is 0 Å². The molecule has 32 heavy (non-hydrogen) atoms. The molecule has 0 atom stereocenters. The number of carbonyl (C=O) groups excluding carboxylic acids is 1. The molecule has 1 aliphatic heterocycles. The van der Waals surface area contributed by atoms with Crippen LogP contribution in [0.3, 0.4) is 0 Å². The van der Waals surface area contributed by atoms with Crippen molar-refractivity contribution in [2.24, 2.45) is 5.92 Å². The highest BCUT2D eigenvalue weighted by atomic mass is 19.4. The highest BCUT2D eigenvalue weighted by Gasteiger charge is 2.32. The number of fused-ring (bicyclic) bond motifs is 1. The smallest absolute Gasteiger partial charge is 0.368 e. The zero-order valence-corrected chi connectivity index (χ0v) is 18.3. The van der Waals surface area contributed by atoms with Crippen LogP contribution in [0.25, 0.3) is 10.9 Å². The molecule has 1 aliphatic carbocycles. The Labute approximate surface area is 187 Å². The van der Waals surface area contributed by atoms with E-state index in [1.54, 1.807) is 0 Å². The van der Waals surface area contributed by atoms with E-state index in [0.717, 1.165) is 70.3 Å². The quantitative estimate of drug-likeness (QED) is 0.713. The summed E-state index contributed by atoms with van der Waals surface area (Å²) in [7, 11) is 0. The van der Waals surface area contributed by atoms with Gasteiger partial charge in [-0.1, -0.05) is 6.07 Å². The molecule has 1 aromatic carbocycles. The van der Waals surface area contributed by atoms with Crippen molar-refractivity contribution >= 4 is 22.5 Å². The van der Waals surface area contributed by atoms with Crippen molar-refractivity contribution in [3.8, 4) is 0 Å². The molecule has 1 saturated carbocycles. The summed E-state index contributed by atoms with van der Waals surface area (Å²) in [5.41, 5.74) is 2.28. The number of benzene rings is 1. The molecule has 0 radical (unpaired) electrons. The van der Waals surface area contributed by atoms with Crippen molar-refractivity contribution in [2.75, 3.05) is 37.6 Å². The summed E-state index contributed by atoms with van der Waals surface area (Å²) in [4.78, 5) is 20.9. The third kappa shape index (κ3) is 6.12. The fourth-order valence-electron chi connectivity index (χ4n) is 5.00. The average molecular weight is 449 g/mol. The van der Waals surface area contributed by atoms with Gasteiger partial charge in [-0.25, -0.2) is 0 Å². The van der Waals surface area contributed by atoms with Gasteiger partial charge in [-0.2, -0.15) is 13.2 Å². The number of pyridine rings is 1. The molecule has 1 saturated heterocycles. The number of hydrogen-bond acceptors (Lipinski definition) is 4. The van der Waals surface area contributed by atoms with E-state index < -0.39 is 18.5 Å². The van der Waals surface area contributed by atoms with Gasteiger partial charge in [0.15, 0.2) is 0 Å². The Morgan fingerprint density at radius 1 is 1.03 bits per heavy atom. The number of carbonyl (C=O) groups is 1. The van der Waals surface area contributed by atoms with Crippen LogP contribution < -0.4 is 10.2 Å². The van der Waals surface area contributed by atoms with Crippen LogP contribution in [0.5, 0.6) is 0 Å². The zero-order valence-electron chi connectivity index (χ0n) is 18.3. The van der Waals surface area contributed by atoms with Crippen molar-refractivity contribution in [3.63, 3.8) is 0 Å². The van der Waals surface area contributed by atoms with Crippen LogP contribution in [0.1, 0.15) is 38.5 Å². The molecule has 4 rings (SSSR count). The van der Waals surface area contributed by atoms with Crippen LogP contribution >= 0.6 is 0 Å². The summed E-state index contributed by atoms with van der Waals surface area (Å²) < 4.78 is 37.0. The molecule has 2 aromatic rings. The fourth-order valence-corrected chi connectivity index (χ4v) is 5.00. The lowest BCUT2D eigenvalue weighted by Crippen LogP contribution is -2.47. The van der Waals surface area contributed by atoms with Gasteiger partial charge in [-0.3, -0.25) is 14.7 Å². The second-order valence-electron chi connectivity index (χ2n) is 9.04. The molecule has 1 aromatic heterocycles. The molecule has 2 fully saturated rings. The van der Waals surface area contributed by atoms with Crippen LogP contribution in [-0.4, -0.2) is 60.7 Å². The van der Waals surface area contributed by atoms with Crippen LogP contribution in [-0.2, 0) is 4.79 Å². The van der Waals surface area contributed by atoms with E-state index in [9.17, 15) is 18.0 Å². The van der Waals surface area contributed by atoms with Gasteiger partial charge in [0.25, 0.3) is 0 Å². The van der Waals surface area contributed by atoms with E-state index in [4.69, 9.17) is 0 Å². The first-order valence-electron chi connectivity index (χ1n) is 11.5. The lowest BCUT2D eigenvalue weighted by Gasteiger charge is -2.37. The minimum Gasteiger partial charge on any atom is -0.368 e. The molecule has 1 amide bonds. The van der Waals surface area contributed by atoms with Crippen LogP contribution in [0, 0.1) is 5.92 Å². The second kappa shape index (κ2) is 10.1. The topological polar surface area (TPSA) is 48.5 Å². The summed E-state index contributed by atoms with van der Waals surface area (Å²) in [6.45, 7) is 5.09. The molecular weight excluding hydrogens is 417 g/mol. The van der Waals surface area contributed by atoms with Crippen LogP contribution in [0.15, 0.2) is 36.5 Å². The van der Waals surface area contributed by atoms with Crippen LogP contribution in [0.4, 0.5) is 18.9 Å². The summed E-state index contributed by atoms with van der Waals surface area (Å²) in [5.74, 6) is -0.311. The maximum absolute atomic E-state index is 12.3. The normalized spacial score (nSPS) is 22.8. The number of halogens is 3. The van der Waals surface area contributed by atoms with E-state index in [1.807, 2.05) is 18.3 Å². The molecule has 174 valence electrons. The largest absolute Gasteiger partial charge is 0.397 e. The Morgan fingerprint density at radius 3 is 2.50 bits per heavy atom. The maximum Gasteiger partial charge on any atom is 0.397 e. The first-order valence-corrected chi connectivity index (χ1v) is 11.5. The molecule has 8 heteroatoms. The van der Waals surface area contributed by atoms with E-state index in [-0.39, 0.29) is 6.04 Å². The molecule has 0 bridgehead atoms. The number of piperazine rings is 1. The Bertz CT molecular complexity index is 898. The van der Waals surface area contributed by atoms with E-state index in [1.165, 1.54) is 11.1 Å². The van der Waals surface area contributed by atoms with Gasteiger partial charge in [-0.15, -0.1) is 0 Å². The standard InChI is InChI=1S/C24H31F3N4O/c25-24(26,27)17-23(32)29-19-8-6-18(7-9-19)10-12-30-13-15-31(16-14-30)22-5-1-4-21-20(22)3-2-11-28-21/h1-5,11,18-19H,6-10,12-17H2,(H,29,32). The van der Waals surface area contributed by atoms with Gasteiger partial charge in [0.1, 0.15) is 6.42 Å². The summed E-state index contributed by atoms with van der Waals surface area (Å²) in [6.07, 6.45) is 0.619. The molecule has 2 aliphatic rings. The van der Waals surface area contributed by atoms with Crippen LogP contribution in [0.2, 0.25) is 0 Å². The Balaban J connectivity index is 1.17. The van der Waals surface area contributed by atoms with Crippen molar-refractivity contribution < 1.29 is 18.0 Å². The third-order valence-corrected chi connectivity index (χ3v) is 6.76. The number of rotatable bonds is 6. The predicted molar refractivity (Wildman–Crippen MR) is 120 cm³/mol. The summed E-state index contributed by atoms with van der Waals surface area (Å²) in [5, 5.41) is 3.75. The maximum atomic E-state index is 12.3. The Morgan fingerprint density at radius 2 is 1.78 bits per heavy atom. The highest BCUT2D eigenvalue weighted by molar-refractivity contribution is 5.91.